The summed E-state index contributed by atoms with van der Waals surface area (Å²) in [5, 5.41) is 77.7. The van der Waals surface area contributed by atoms with Crippen LogP contribution in [0.5, 0.6) is 0 Å². The minimum atomic E-state index is -0.264. The van der Waals surface area contributed by atoms with Crippen LogP contribution in [-0.4, -0.2) is 43.2 Å². The molecule has 0 saturated carbocycles. The van der Waals surface area contributed by atoms with Gasteiger partial charge in [-0.2, -0.15) is 35.3 Å². The second-order valence-corrected chi connectivity index (χ2v) is 14.1. The molecule has 0 unspecified atom stereocenters. The van der Waals surface area contributed by atoms with Crippen LogP contribution in [-0.2, 0) is 50.3 Å². The van der Waals surface area contributed by atoms with Crippen molar-refractivity contribution >= 4 is 34.6 Å². The fourth-order valence-corrected chi connectivity index (χ4v) is 5.24. The molecule has 4 heterocycles. The van der Waals surface area contributed by atoms with Gasteiger partial charge in [-0.15, -0.1) is 0 Å². The van der Waals surface area contributed by atoms with E-state index in [2.05, 4.69) is 40.8 Å². The van der Waals surface area contributed by atoms with E-state index in [1.165, 1.54) is 13.8 Å². The summed E-state index contributed by atoms with van der Waals surface area (Å²) in [4.78, 5) is 35.3. The maximum Gasteiger partial charge on any atom is 3.00 e. The van der Waals surface area contributed by atoms with Gasteiger partial charge in [0.15, 0.2) is 17.3 Å². The van der Waals surface area contributed by atoms with E-state index < -0.39 is 0 Å². The third-order valence-electron chi connectivity index (χ3n) is 8.62. The standard InChI is InChI=1S/3C15H12O2.4C3H3N2.2C2H3N.3Co.H2O/c3*16-14(12-7-3-1-4-8-12)11-15(17)13-9-5-2-6-10-13;4*1-2-4-5-3-1;2*1-2-3;;;;/h3*1-11,16H;4*1-3H;2*1H3;;;;1H2/q;;;4*-1;;;+2;2*+3;/p-4/b3*14-11-;;;;;;;;;;. The Kier molecular flexibility index (Phi) is 47.6. The zero-order valence-electron chi connectivity index (χ0n) is 43.3. The molecule has 0 aliphatic heterocycles. The fourth-order valence-electron chi connectivity index (χ4n) is 5.24. The first-order valence-electron chi connectivity index (χ1n) is 22.9. The van der Waals surface area contributed by atoms with Crippen molar-refractivity contribution in [2.45, 2.75) is 13.8 Å². The number of nitrogens with zero attached hydrogens (tertiary/aromatic N) is 10. The van der Waals surface area contributed by atoms with E-state index >= 15 is 0 Å². The Morgan fingerprint density at radius 3 is 0.642 bits per heavy atom. The summed E-state index contributed by atoms with van der Waals surface area (Å²) in [6, 6.07) is 63.1. The fraction of sp³-hybridized carbons (Fsp3) is 0.0328. The van der Waals surface area contributed by atoms with Crippen molar-refractivity contribution in [3.63, 3.8) is 0 Å². The number of hydrogen-bond acceptors (Lipinski definition) is 13. The third-order valence-corrected chi connectivity index (χ3v) is 8.62. The molecule has 0 amide bonds. The van der Waals surface area contributed by atoms with Gasteiger partial charge < -0.3 is 61.6 Å². The molecule has 1 N–H and O–H groups in total. The number of carbonyl (C=O) groups is 3. The molecular formula is C61H52Co3N10O7. The molecule has 20 heteroatoms. The molecule has 0 saturated heterocycles. The van der Waals surface area contributed by atoms with Crippen molar-refractivity contribution in [2.24, 2.45) is 0 Å². The first-order valence-corrected chi connectivity index (χ1v) is 22.9. The number of carbonyl (C=O) groups excluding carboxylic acids is 3. The normalized spacial score (nSPS) is 9.21. The molecule has 81 heavy (non-hydrogen) atoms. The molecule has 0 atom stereocenters. The molecule has 0 aliphatic rings. The molecule has 6 aromatic carbocycles. The number of ketones is 3. The Morgan fingerprint density at radius 1 is 0.358 bits per heavy atom. The zero-order chi connectivity index (χ0) is 55.8. The maximum atomic E-state index is 11.8. The topological polar surface area (TPSA) is 306 Å². The van der Waals surface area contributed by atoms with Crippen LogP contribution in [0.3, 0.4) is 0 Å². The predicted molar refractivity (Wildman–Crippen MR) is 290 cm³/mol. The summed E-state index contributed by atoms with van der Waals surface area (Å²) in [6.45, 7) is 2.86. The van der Waals surface area contributed by atoms with Crippen LogP contribution in [0.4, 0.5) is 0 Å². The van der Waals surface area contributed by atoms with Gasteiger partial charge in [0.05, 0.1) is 12.1 Å². The van der Waals surface area contributed by atoms with Crippen LogP contribution < -0.4 is 35.7 Å². The maximum absolute atomic E-state index is 11.8. The number of rotatable bonds is 9. The number of aromatic nitrogens is 8. The van der Waals surface area contributed by atoms with Crippen LogP contribution in [0.15, 0.2) is 274 Å². The van der Waals surface area contributed by atoms with E-state index in [-0.39, 0.29) is 90.4 Å². The number of allylic oxidation sites excluding steroid dienone is 3. The van der Waals surface area contributed by atoms with Gasteiger partial charge in [0.25, 0.3) is 0 Å². The van der Waals surface area contributed by atoms with E-state index in [4.69, 9.17) is 10.5 Å². The molecule has 1 radical (unpaired) electrons. The van der Waals surface area contributed by atoms with Gasteiger partial charge in [-0.3, -0.25) is 14.4 Å². The molecule has 10 rings (SSSR count). The zero-order valence-corrected chi connectivity index (χ0v) is 46.5. The summed E-state index contributed by atoms with van der Waals surface area (Å²) < 4.78 is 0. The van der Waals surface area contributed by atoms with Crippen molar-refractivity contribution in [1.29, 1.82) is 10.5 Å². The van der Waals surface area contributed by atoms with E-state index in [0.717, 1.165) is 18.2 Å². The van der Waals surface area contributed by atoms with Gasteiger partial charge in [0.1, 0.15) is 0 Å². The Morgan fingerprint density at radius 2 is 0.519 bits per heavy atom. The summed E-state index contributed by atoms with van der Waals surface area (Å²) in [5.41, 5.74) is 3.15. The van der Waals surface area contributed by atoms with Crippen LogP contribution in [0, 0.1) is 22.7 Å². The minimum Gasteiger partial charge on any atom is -0.872 e. The van der Waals surface area contributed by atoms with E-state index in [0.29, 0.717) is 33.4 Å². The van der Waals surface area contributed by atoms with Gasteiger partial charge in [-0.1, -0.05) is 224 Å². The second-order valence-electron chi connectivity index (χ2n) is 14.1. The summed E-state index contributed by atoms with van der Waals surface area (Å²) in [7, 11) is 0. The van der Waals surface area contributed by atoms with E-state index in [1.54, 1.807) is 232 Å². The summed E-state index contributed by atoms with van der Waals surface area (Å²) in [5.74, 6) is -1.59. The van der Waals surface area contributed by atoms with E-state index in [1.807, 2.05) is 36.4 Å². The Hall–Kier alpha value is -9.75. The van der Waals surface area contributed by atoms with E-state index in [9.17, 15) is 29.7 Å². The van der Waals surface area contributed by atoms with Crippen molar-refractivity contribution in [3.05, 3.63) is 307 Å². The molecule has 0 bridgehead atoms. The molecule has 10 aromatic rings. The quantitative estimate of drug-likeness (QED) is 0.0754. The third kappa shape index (κ3) is 36.8. The van der Waals surface area contributed by atoms with Crippen LogP contribution in [0.2, 0.25) is 0 Å². The molecule has 0 spiro atoms. The molecular weight excluding hydrogens is 1160 g/mol. The Bertz CT molecular complexity index is 2750. The average Bonchev–Trinajstić information content (AvgIpc) is 4.37. The van der Waals surface area contributed by atoms with Crippen molar-refractivity contribution in [3.8, 4) is 12.1 Å². The first kappa shape index (κ1) is 75.5. The average molecular weight is 1210 g/mol. The number of benzene rings is 6. The molecule has 415 valence electrons. The van der Waals surface area contributed by atoms with Crippen molar-refractivity contribution in [1.82, 2.24) is 40.8 Å². The van der Waals surface area contributed by atoms with Crippen LogP contribution >= 0.6 is 0 Å². The summed E-state index contributed by atoms with van der Waals surface area (Å²) >= 11 is 0. The molecule has 0 fully saturated rings. The largest absolute Gasteiger partial charge is 3.00 e. The Balaban J connectivity index is -0.000000903. The molecule has 0 aliphatic carbocycles. The molecule has 17 nitrogen and oxygen atoms in total. The molecule has 4 aromatic heterocycles. The van der Waals surface area contributed by atoms with Crippen LogP contribution in [0.1, 0.15) is 61.6 Å². The van der Waals surface area contributed by atoms with Crippen LogP contribution in [0.25, 0.3) is 17.3 Å². The van der Waals surface area contributed by atoms with Gasteiger partial charge in [-0.25, -0.2) is 0 Å². The number of hydrogen-bond donors (Lipinski definition) is 0. The van der Waals surface area contributed by atoms with Gasteiger partial charge in [0, 0.05) is 55.3 Å². The summed E-state index contributed by atoms with van der Waals surface area (Å²) in [6.07, 6.45) is 16.5. The van der Waals surface area contributed by atoms with Crippen molar-refractivity contribution in [2.75, 3.05) is 0 Å². The second kappa shape index (κ2) is 51.0. The minimum absolute atomic E-state index is 0. The monoisotopic (exact) mass is 1210 g/mol. The Labute approximate surface area is 501 Å². The first-order chi connectivity index (χ1) is 37.6. The predicted octanol–water partition coefficient (Wildman–Crippen LogP) is 7.84. The van der Waals surface area contributed by atoms with Crippen molar-refractivity contribution < 1.29 is 85.5 Å². The smallest absolute Gasteiger partial charge is 0.872 e. The SMILES string of the molecule is CC#N.CC#N.O=C(/C=C(\[O-])c1ccccc1)c1ccccc1.O=C(/C=C(\[O-])c1ccccc1)c1ccccc1.O=C(/C=C(\[O-])c1ccccc1)c1ccccc1.[Co+2].[Co+3].[Co+3].[OH-].c1cn[n-]c1.c1cn[n-]c1.c1cn[n-]c1.c1cn[n-]c1. The van der Waals surface area contributed by atoms with Gasteiger partial charge in [-0.05, 0) is 34.9 Å². The number of nitriles is 2. The van der Waals surface area contributed by atoms with Gasteiger partial charge in [0.2, 0.25) is 0 Å². The van der Waals surface area contributed by atoms with Gasteiger partial charge >= 0.3 is 50.3 Å².